The van der Waals surface area contributed by atoms with Gasteiger partial charge in [-0.05, 0) is 24.5 Å². The number of thioether (sulfide) groups is 1. The van der Waals surface area contributed by atoms with Gasteiger partial charge in [-0.3, -0.25) is 19.1 Å². The number of hydrogen-bond donors (Lipinski definition) is 2. The summed E-state index contributed by atoms with van der Waals surface area (Å²) in [4.78, 5) is 41.1. The molecule has 26 heavy (non-hydrogen) atoms. The second-order valence-electron chi connectivity index (χ2n) is 6.80. The minimum atomic E-state index is -0.601. The van der Waals surface area contributed by atoms with Gasteiger partial charge in [0.05, 0.1) is 5.75 Å². The maximum atomic E-state index is 12.7. The van der Waals surface area contributed by atoms with E-state index in [4.69, 9.17) is 5.73 Å². The van der Waals surface area contributed by atoms with Gasteiger partial charge in [-0.15, -0.1) is 0 Å². The average Bonchev–Trinajstić information content (AvgIpc) is 2.57. The van der Waals surface area contributed by atoms with Crippen molar-refractivity contribution >= 4 is 29.2 Å². The second-order valence-corrected chi connectivity index (χ2v) is 7.91. The molecule has 1 aromatic heterocycles. The molecule has 0 aliphatic rings. The van der Waals surface area contributed by atoms with Crippen LogP contribution in [0.5, 0.6) is 0 Å². The Morgan fingerprint density at radius 1 is 1.23 bits per heavy atom. The number of hydrogen-bond acceptors (Lipinski definition) is 5. The van der Waals surface area contributed by atoms with Crippen LogP contribution in [0.3, 0.4) is 0 Å². The Hall–Kier alpha value is -1.70. The van der Waals surface area contributed by atoms with Crippen molar-refractivity contribution in [2.45, 2.75) is 59.9 Å². The van der Waals surface area contributed by atoms with E-state index in [1.807, 2.05) is 20.8 Å². The molecule has 0 saturated heterocycles. The van der Waals surface area contributed by atoms with Crippen molar-refractivity contribution in [1.82, 2.24) is 9.55 Å². The van der Waals surface area contributed by atoms with E-state index < -0.39 is 11.2 Å². The smallest absolute Gasteiger partial charge is 0.330 e. The van der Waals surface area contributed by atoms with Crippen LogP contribution in [0.2, 0.25) is 0 Å². The number of carbonyl (C=O) groups is 1. The number of unbranched alkanes of at least 4 members (excludes halogenated alkanes) is 2. The lowest BCUT2D eigenvalue weighted by molar-refractivity contribution is -0.116. The second kappa shape index (κ2) is 11.1. The molecule has 0 bridgehead atoms. The highest BCUT2D eigenvalue weighted by Gasteiger charge is 2.23. The van der Waals surface area contributed by atoms with Crippen LogP contribution in [0, 0.1) is 5.92 Å². The first-order valence-corrected chi connectivity index (χ1v) is 10.5. The molecular weight excluding hydrogens is 352 g/mol. The highest BCUT2D eigenvalue weighted by Crippen LogP contribution is 2.20. The van der Waals surface area contributed by atoms with Gasteiger partial charge in [0.1, 0.15) is 5.82 Å². The van der Waals surface area contributed by atoms with Crippen LogP contribution in [0.4, 0.5) is 11.5 Å². The number of nitrogens with zero attached hydrogens (tertiary/aromatic N) is 2. The average molecular weight is 385 g/mol. The third-order valence-corrected chi connectivity index (χ3v) is 4.96. The van der Waals surface area contributed by atoms with E-state index in [1.54, 1.807) is 11.8 Å². The molecule has 3 N–H and O–H groups in total. The van der Waals surface area contributed by atoms with Gasteiger partial charge in [0.15, 0.2) is 5.69 Å². The Bertz CT molecular complexity index is 697. The first kappa shape index (κ1) is 22.3. The van der Waals surface area contributed by atoms with Gasteiger partial charge in [-0.25, -0.2) is 4.79 Å². The zero-order valence-corrected chi connectivity index (χ0v) is 17.2. The van der Waals surface area contributed by atoms with Gasteiger partial charge in [0.25, 0.3) is 5.56 Å². The fourth-order valence-corrected chi connectivity index (χ4v) is 3.51. The molecule has 0 aliphatic heterocycles. The zero-order chi connectivity index (χ0) is 19.7. The number of amides is 1. The molecule has 1 aromatic rings. The lowest BCUT2D eigenvalue weighted by Gasteiger charge is -2.24. The summed E-state index contributed by atoms with van der Waals surface area (Å²) in [5, 5.41) is 0. The zero-order valence-electron chi connectivity index (χ0n) is 16.3. The van der Waals surface area contributed by atoms with E-state index in [0.29, 0.717) is 18.8 Å². The van der Waals surface area contributed by atoms with Gasteiger partial charge in [-0.2, -0.15) is 11.8 Å². The van der Waals surface area contributed by atoms with Crippen molar-refractivity contribution in [3.63, 3.8) is 0 Å². The Labute approximate surface area is 159 Å². The van der Waals surface area contributed by atoms with E-state index in [1.165, 1.54) is 9.47 Å². The molecule has 0 atom stereocenters. The minimum Gasteiger partial charge on any atom is -0.383 e. The number of anilines is 2. The van der Waals surface area contributed by atoms with Gasteiger partial charge in [-0.1, -0.05) is 40.5 Å². The van der Waals surface area contributed by atoms with Crippen LogP contribution < -0.4 is 21.9 Å². The third-order valence-electron chi connectivity index (χ3n) is 3.94. The van der Waals surface area contributed by atoms with Crippen LogP contribution >= 0.6 is 11.8 Å². The first-order valence-electron chi connectivity index (χ1n) is 9.34. The third kappa shape index (κ3) is 6.23. The summed E-state index contributed by atoms with van der Waals surface area (Å²) in [6.07, 6.45) is 3.77. The quantitative estimate of drug-likeness (QED) is 0.571. The molecule has 0 aromatic carbocycles. The van der Waals surface area contributed by atoms with Crippen molar-refractivity contribution in [2.24, 2.45) is 5.92 Å². The molecule has 0 unspecified atom stereocenters. The van der Waals surface area contributed by atoms with Gasteiger partial charge in [0, 0.05) is 13.1 Å². The number of aromatic amines is 1. The normalized spacial score (nSPS) is 11.1. The highest BCUT2D eigenvalue weighted by molar-refractivity contribution is 7.99. The Balaban J connectivity index is 3.22. The molecule has 7 nitrogen and oxygen atoms in total. The summed E-state index contributed by atoms with van der Waals surface area (Å²) < 4.78 is 1.35. The van der Waals surface area contributed by atoms with Crippen molar-refractivity contribution in [3.05, 3.63) is 20.8 Å². The molecule has 8 heteroatoms. The number of nitrogen functional groups attached to an aromatic ring is 1. The van der Waals surface area contributed by atoms with Gasteiger partial charge < -0.3 is 10.6 Å². The Morgan fingerprint density at radius 2 is 1.88 bits per heavy atom. The van der Waals surface area contributed by atoms with Crippen LogP contribution in [0.15, 0.2) is 9.59 Å². The number of carbonyl (C=O) groups excluding carboxylic acids is 1. The van der Waals surface area contributed by atoms with Gasteiger partial charge >= 0.3 is 5.69 Å². The van der Waals surface area contributed by atoms with E-state index in [9.17, 15) is 14.4 Å². The fraction of sp³-hybridized carbons (Fsp3) is 0.722. The summed E-state index contributed by atoms with van der Waals surface area (Å²) in [7, 11) is 0. The maximum absolute atomic E-state index is 12.7. The highest BCUT2D eigenvalue weighted by atomic mass is 32.2. The van der Waals surface area contributed by atoms with Crippen LogP contribution in [0.1, 0.15) is 53.4 Å². The first-order chi connectivity index (χ1) is 12.3. The van der Waals surface area contributed by atoms with Crippen molar-refractivity contribution in [3.8, 4) is 0 Å². The van der Waals surface area contributed by atoms with Crippen LogP contribution in [-0.2, 0) is 11.3 Å². The minimum absolute atomic E-state index is 0.0652. The summed E-state index contributed by atoms with van der Waals surface area (Å²) >= 11 is 1.56. The number of rotatable bonds is 11. The number of H-pyrrole nitrogens is 1. The van der Waals surface area contributed by atoms with Crippen molar-refractivity contribution in [2.75, 3.05) is 28.7 Å². The largest absolute Gasteiger partial charge is 0.383 e. The van der Waals surface area contributed by atoms with E-state index in [2.05, 4.69) is 11.9 Å². The lowest BCUT2D eigenvalue weighted by atomic mass is 10.2. The standard InChI is InChI=1S/C18H32N4O3S/c1-5-7-9-21(14(23)12-26-10-8-6-2)15-16(19)22(11-13(3)4)18(25)20-17(15)24/h13H,5-12,19H2,1-4H3,(H,20,24,25). The maximum Gasteiger partial charge on any atom is 0.330 e. The topological polar surface area (TPSA) is 101 Å². The molecule has 148 valence electrons. The fourth-order valence-electron chi connectivity index (χ4n) is 2.55. The number of nitrogens with one attached hydrogen (secondary N) is 1. The predicted molar refractivity (Wildman–Crippen MR) is 110 cm³/mol. The summed E-state index contributed by atoms with van der Waals surface area (Å²) in [6.45, 7) is 8.84. The lowest BCUT2D eigenvalue weighted by Crippen LogP contribution is -2.42. The summed E-state index contributed by atoms with van der Waals surface area (Å²) in [6, 6.07) is 0. The van der Waals surface area contributed by atoms with E-state index in [-0.39, 0.29) is 23.3 Å². The molecule has 0 saturated carbocycles. The molecule has 1 amide bonds. The van der Waals surface area contributed by atoms with Crippen LogP contribution in [0.25, 0.3) is 0 Å². The number of nitrogens with two attached hydrogens (primary N) is 1. The van der Waals surface area contributed by atoms with Gasteiger partial charge in [0.2, 0.25) is 5.91 Å². The molecule has 1 heterocycles. The van der Waals surface area contributed by atoms with E-state index >= 15 is 0 Å². The van der Waals surface area contributed by atoms with Crippen LogP contribution in [-0.4, -0.2) is 33.5 Å². The summed E-state index contributed by atoms with van der Waals surface area (Å²) in [5.41, 5.74) is 5.12. The molecule has 0 spiro atoms. The monoisotopic (exact) mass is 384 g/mol. The SMILES string of the molecule is CCCCSCC(=O)N(CCCC)c1c(N)n(CC(C)C)c(=O)[nH]c1=O. The molecule has 0 fully saturated rings. The molecular formula is C18H32N4O3S. The molecule has 1 rings (SSSR count). The van der Waals surface area contributed by atoms with E-state index in [0.717, 1.165) is 31.4 Å². The Kier molecular flexibility index (Phi) is 9.54. The Morgan fingerprint density at radius 3 is 2.46 bits per heavy atom. The molecule has 0 radical (unpaired) electrons. The van der Waals surface area contributed by atoms with Crippen molar-refractivity contribution < 1.29 is 4.79 Å². The predicted octanol–water partition coefficient (Wildman–Crippen LogP) is 2.44. The van der Waals surface area contributed by atoms with Crippen molar-refractivity contribution in [1.29, 1.82) is 0 Å². The summed E-state index contributed by atoms with van der Waals surface area (Å²) in [5.74, 6) is 1.30. The number of aromatic nitrogens is 2. The molecule has 0 aliphatic carbocycles.